The van der Waals surface area contributed by atoms with Gasteiger partial charge >= 0.3 is 0 Å². The number of ether oxygens (including phenoxy) is 1. The molecule has 0 aliphatic heterocycles. The molecule has 7 aromatic heterocycles. The summed E-state index contributed by atoms with van der Waals surface area (Å²) >= 11 is 0. The van der Waals surface area contributed by atoms with Crippen molar-refractivity contribution in [3.8, 4) is 73.6 Å². The first-order chi connectivity index (χ1) is 65.5. The molecule has 0 amide bonds. The predicted octanol–water partition coefficient (Wildman–Crippen LogP) is 28.0. The topological polar surface area (TPSA) is 110 Å². The molecular formula is C116H84BN7O3P5Y. The monoisotopic (exact) mass is 1880 g/mol. The van der Waals surface area contributed by atoms with Crippen LogP contribution in [0.3, 0.4) is 0 Å². The van der Waals surface area contributed by atoms with E-state index in [1.165, 1.54) is 105 Å². The van der Waals surface area contributed by atoms with Gasteiger partial charge in [-0.25, -0.2) is 0 Å². The van der Waals surface area contributed by atoms with Crippen LogP contribution >= 0.6 is 39.3 Å². The Morgan fingerprint density at radius 2 is 0.541 bits per heavy atom. The number of pyridine rings is 4. The van der Waals surface area contributed by atoms with Crippen molar-refractivity contribution >= 4 is 176 Å². The number of hydrogen-bond donors (Lipinski definition) is 0. The zero-order valence-corrected chi connectivity index (χ0v) is 79.9. The maximum atomic E-state index is 15.2. The fourth-order valence-electron chi connectivity index (χ4n) is 18.4. The van der Waals surface area contributed by atoms with E-state index in [0.29, 0.717) is 22.1 Å². The van der Waals surface area contributed by atoms with E-state index in [4.69, 9.17) is 16.0 Å². The fourth-order valence-corrected chi connectivity index (χ4v) is 24.0. The summed E-state index contributed by atoms with van der Waals surface area (Å²) in [5.74, 6) is 0.923. The molecule has 632 valence electrons. The molecule has 2 unspecified atom stereocenters. The van der Waals surface area contributed by atoms with Gasteiger partial charge in [-0.15, -0.1) is 25.0 Å². The van der Waals surface area contributed by atoms with Crippen molar-refractivity contribution in [2.75, 3.05) is 0 Å². The van der Waals surface area contributed by atoms with Crippen LogP contribution in [0.4, 0.5) is 0 Å². The second-order valence-corrected chi connectivity index (χ2v) is 43.9. The van der Waals surface area contributed by atoms with Gasteiger partial charge in [0.05, 0.1) is 66.5 Å². The Bertz CT molecular complexity index is 7820. The Balaban J connectivity index is 0.000000121. The van der Waals surface area contributed by atoms with E-state index >= 15 is 9.13 Å². The van der Waals surface area contributed by atoms with E-state index in [-0.39, 0.29) is 39.9 Å². The first kappa shape index (κ1) is 86.0. The quantitative estimate of drug-likeness (QED) is 0.0538. The molecular weight excluding hydrogens is 1790 g/mol. The number of para-hydroxylation sites is 7. The maximum Gasteiger partial charge on any atom is 0.174 e. The minimum Gasteiger partial charge on any atom is -0.456 e. The molecule has 0 fully saturated rings. The van der Waals surface area contributed by atoms with Crippen molar-refractivity contribution in [2.24, 2.45) is 0 Å². The molecule has 24 rings (SSSR count). The van der Waals surface area contributed by atoms with Crippen molar-refractivity contribution in [3.63, 3.8) is 0 Å². The predicted molar refractivity (Wildman–Crippen MR) is 567 cm³/mol. The molecule has 0 saturated heterocycles. The van der Waals surface area contributed by atoms with Gasteiger partial charge in [-0.3, -0.25) is 19.9 Å². The molecule has 133 heavy (non-hydrogen) atoms. The number of nitrogens with zero attached hydrogens (tertiary/aromatic N) is 7. The van der Waals surface area contributed by atoms with Crippen LogP contribution in [-0.2, 0) is 41.8 Å². The van der Waals surface area contributed by atoms with Gasteiger partial charge < -0.3 is 27.6 Å². The number of benzene rings is 17. The number of aromatic nitrogens is 7. The average Bonchev–Trinajstić information content (AvgIpc) is 1.53. The Labute approximate surface area is 804 Å². The van der Waals surface area contributed by atoms with E-state index in [9.17, 15) is 0 Å². The van der Waals surface area contributed by atoms with Gasteiger partial charge in [0.2, 0.25) is 0 Å². The van der Waals surface area contributed by atoms with Crippen LogP contribution in [0.25, 0.3) is 160 Å². The summed E-state index contributed by atoms with van der Waals surface area (Å²) in [6.07, 6.45) is 7.47. The van der Waals surface area contributed by atoms with Crippen LogP contribution in [0.1, 0.15) is 0 Å². The summed E-state index contributed by atoms with van der Waals surface area (Å²) < 4.78 is 50.8. The summed E-state index contributed by atoms with van der Waals surface area (Å²) in [6, 6.07) is 155. The largest absolute Gasteiger partial charge is 0.456 e. The Morgan fingerprint density at radius 1 is 0.256 bits per heavy atom. The Hall–Kier alpha value is -13.8. The molecule has 17 aromatic carbocycles. The van der Waals surface area contributed by atoms with Crippen LogP contribution in [-0.4, -0.2) is 42.5 Å². The van der Waals surface area contributed by atoms with Gasteiger partial charge in [0.1, 0.15) is 19.0 Å². The summed E-state index contributed by atoms with van der Waals surface area (Å²) in [5.41, 5.74) is 18.7. The van der Waals surface area contributed by atoms with Crippen LogP contribution < -0.4 is 36.6 Å². The van der Waals surface area contributed by atoms with Gasteiger partial charge in [-0.2, -0.15) is 0 Å². The van der Waals surface area contributed by atoms with Gasteiger partial charge in [0, 0.05) is 139 Å². The van der Waals surface area contributed by atoms with Crippen molar-refractivity contribution < 1.29 is 46.6 Å². The third kappa shape index (κ3) is 16.9. The van der Waals surface area contributed by atoms with Crippen LogP contribution in [0.15, 0.2) is 480 Å². The van der Waals surface area contributed by atoms with Crippen molar-refractivity contribution in [3.05, 3.63) is 480 Å². The Morgan fingerprint density at radius 3 is 0.880 bits per heavy atom. The minimum absolute atomic E-state index is 0. The molecule has 0 N–H and O–H groups in total. The summed E-state index contributed by atoms with van der Waals surface area (Å²) in [6.45, 7) is 0. The van der Waals surface area contributed by atoms with Crippen LogP contribution in [0.2, 0.25) is 0 Å². The second-order valence-electron chi connectivity index (χ2n) is 32.2. The summed E-state index contributed by atoms with van der Waals surface area (Å²) in [7, 11) is -0.413. The first-order valence-corrected chi connectivity index (χ1v) is 51.7. The molecule has 0 saturated carbocycles. The molecule has 2 radical (unpaired) electrons. The molecule has 7 heterocycles. The maximum absolute atomic E-state index is 15.2. The zero-order chi connectivity index (χ0) is 89.8. The van der Waals surface area contributed by atoms with E-state index in [1.54, 1.807) is 12.4 Å². The van der Waals surface area contributed by atoms with E-state index in [2.05, 4.69) is 278 Å². The third-order valence-corrected chi connectivity index (χ3v) is 30.6. The second kappa shape index (κ2) is 38.6. The summed E-state index contributed by atoms with van der Waals surface area (Å²) in [4.78, 5) is 18.3. The molecule has 0 aliphatic rings. The first-order valence-electron chi connectivity index (χ1n) is 44.2. The zero-order valence-electron chi connectivity index (χ0n) is 73.1. The Kier molecular flexibility index (Phi) is 24.9. The van der Waals surface area contributed by atoms with Gasteiger partial charge in [0.25, 0.3) is 0 Å². The van der Waals surface area contributed by atoms with E-state index in [0.717, 1.165) is 83.3 Å². The minimum atomic E-state index is -3.32. The molecule has 2 atom stereocenters. The number of hydrogen-bond acceptors (Lipinski definition) is 7. The summed E-state index contributed by atoms with van der Waals surface area (Å²) in [5, 5.41) is 19.0. The molecule has 0 bridgehead atoms. The van der Waals surface area contributed by atoms with Crippen molar-refractivity contribution in [2.45, 2.75) is 0 Å². The van der Waals surface area contributed by atoms with Gasteiger partial charge in [-0.1, -0.05) is 309 Å². The van der Waals surface area contributed by atoms with Crippen molar-refractivity contribution in [1.82, 2.24) is 33.6 Å². The van der Waals surface area contributed by atoms with Gasteiger partial charge in [0.15, 0.2) is 14.3 Å². The molecule has 10 nitrogen and oxygen atoms in total. The third-order valence-electron chi connectivity index (χ3n) is 24.4. The standard InChI is InChI=1S/C42H27N3.C38H24N4.C36H28O3P2.BH5P3.Y/c1-2-12-28(13-3-1)43-41-24-22-29(44-37-18-8-4-14-31(37)32-15-5-9-19-38(32)44)26-35(41)36-27-30(23-25-42(36)43)45-39-20-10-6-16-33(39)34-17-7-11-21-40(34)45;1-2-8-30-29(7-1)33-21-25(27-13-17-37(41-23-27)35-9-3-5-19-39-35)11-15-31(33)32-16-12-26(22-34(30)32)28-14-18-38(42-24-28)36-10-4-6-20-40-36;37-40(29-17-5-1-6-18-29,30-19-7-2-8-20-30)35-27-15-13-25-33(35)39-34-26-14-16-28-36(34)41(38,31-21-9-3-10-22-31)32-23-11-4-12-24-32;1-4(2)3;/h1-27H;1-24H;1-28H;1H,2-3H2;/i;;;1T;. The van der Waals surface area contributed by atoms with Crippen LogP contribution in [0.5, 0.6) is 11.5 Å². The number of fused-ring (bicyclic) bond motifs is 15. The fraction of sp³-hybridized carbons (Fsp3) is 0. The molecule has 24 aromatic rings. The van der Waals surface area contributed by atoms with E-state index < -0.39 is 14.3 Å². The van der Waals surface area contributed by atoms with Gasteiger partial charge in [-0.05, 0) is 190 Å². The molecule has 0 spiro atoms. The van der Waals surface area contributed by atoms with E-state index in [1.807, 2.05) is 231 Å². The average molecular weight is 1880 g/mol. The normalized spacial score (nSPS) is 11.6. The smallest absolute Gasteiger partial charge is 0.174 e. The van der Waals surface area contributed by atoms with Crippen LogP contribution in [0, 0.1) is 0 Å². The number of rotatable bonds is 16. The molecule has 0 aliphatic carbocycles. The SMILES string of the molecule is O=P(c1ccccc1)(c1ccccc1)c1ccccc1Oc1ccccc1P(=O)(c1ccccc1)c1ccccc1.[3H][B]P(P)P.[Y].c1ccc(-c2ccc(-c3ccc4c5ccc(-c6ccc(-c7ccccn7)nc6)cc5c5ccccc5c4c3)cn2)nc1.c1ccc(-n2c3ccc(-n4c5ccccc5c5ccccc54)cc3c3cc(-n4c5ccccc5c5ccccc54)ccc32)cc1. The van der Waals surface area contributed by atoms with Crippen molar-refractivity contribution in [1.29, 1.82) is 1.34 Å². The molecule has 17 heteroatoms.